The zero-order valence-electron chi connectivity index (χ0n) is 8.34. The van der Waals surface area contributed by atoms with Crippen LogP contribution in [0.5, 0.6) is 0 Å². The zero-order valence-corrected chi connectivity index (χ0v) is 9.97. The van der Waals surface area contributed by atoms with Crippen LogP contribution in [0, 0.1) is 0 Å². The highest BCUT2D eigenvalue weighted by Crippen LogP contribution is 2.40. The lowest BCUT2D eigenvalue weighted by Crippen LogP contribution is -2.51. The van der Waals surface area contributed by atoms with Gasteiger partial charge in [-0.15, -0.1) is 0 Å². The summed E-state index contributed by atoms with van der Waals surface area (Å²) in [6.45, 7) is 3.53. The first-order valence-electron chi connectivity index (χ1n) is 4.54. The lowest BCUT2D eigenvalue weighted by molar-refractivity contribution is 0.108. The Morgan fingerprint density at radius 2 is 2.27 bits per heavy atom. The van der Waals surface area contributed by atoms with Crippen molar-refractivity contribution >= 4 is 27.9 Å². The minimum atomic E-state index is -3.57. The molecule has 2 rings (SSSR count). The molecule has 0 saturated carbocycles. The molecule has 0 aromatic rings. The number of thioether (sulfide) groups is 1. The van der Waals surface area contributed by atoms with Crippen LogP contribution < -0.4 is 0 Å². The van der Waals surface area contributed by atoms with E-state index in [4.69, 9.17) is 4.74 Å². The molecule has 0 aliphatic carbocycles. The Bertz CT molecular complexity index is 428. The Hall–Kier alpha value is -0.690. The fourth-order valence-corrected chi connectivity index (χ4v) is 4.86. The number of allylic oxidation sites excluding steroid dienone is 1. The Kier molecular flexibility index (Phi) is 2.46. The van der Waals surface area contributed by atoms with Crippen LogP contribution in [-0.4, -0.2) is 36.0 Å². The van der Waals surface area contributed by atoms with Gasteiger partial charge in [0.05, 0.1) is 0 Å². The van der Waals surface area contributed by atoms with E-state index in [2.05, 4.69) is 0 Å². The SMILES string of the molecule is CCN1C(=O)OC2SC(C)=CC2S1(=O)=O. The molecule has 2 heterocycles. The van der Waals surface area contributed by atoms with Gasteiger partial charge in [-0.2, -0.15) is 0 Å². The van der Waals surface area contributed by atoms with Crippen LogP contribution in [0.25, 0.3) is 0 Å². The molecule has 2 unspecified atom stereocenters. The molecule has 15 heavy (non-hydrogen) atoms. The van der Waals surface area contributed by atoms with Crippen LogP contribution in [0.1, 0.15) is 13.8 Å². The first kappa shape index (κ1) is 10.8. The molecule has 5 nitrogen and oxygen atoms in total. The molecule has 0 aromatic carbocycles. The molecule has 2 atom stereocenters. The van der Waals surface area contributed by atoms with E-state index >= 15 is 0 Å². The van der Waals surface area contributed by atoms with E-state index in [1.165, 1.54) is 11.8 Å². The van der Waals surface area contributed by atoms with E-state index in [9.17, 15) is 13.2 Å². The number of hydrogen-bond donors (Lipinski definition) is 0. The van der Waals surface area contributed by atoms with Gasteiger partial charge in [-0.05, 0) is 18.8 Å². The summed E-state index contributed by atoms with van der Waals surface area (Å²) in [4.78, 5) is 12.3. The van der Waals surface area contributed by atoms with Gasteiger partial charge in [0.15, 0.2) is 5.44 Å². The van der Waals surface area contributed by atoms with E-state index < -0.39 is 26.8 Å². The van der Waals surface area contributed by atoms with Crippen LogP contribution >= 0.6 is 11.8 Å². The van der Waals surface area contributed by atoms with Gasteiger partial charge in [0.1, 0.15) is 5.25 Å². The molecule has 84 valence electrons. The number of ether oxygens (including phenoxy) is 1. The predicted octanol–water partition coefficient (Wildman–Crippen LogP) is 1.13. The van der Waals surface area contributed by atoms with Gasteiger partial charge in [0.25, 0.3) is 10.0 Å². The number of carbonyl (C=O) groups is 1. The standard InChI is InChI=1S/C8H11NO4S2/c1-3-9-8(10)13-7-6(15(9,11)12)4-5(2)14-7/h4,6-7H,3H2,1-2H3. The summed E-state index contributed by atoms with van der Waals surface area (Å²) in [6.07, 6.45) is 0.870. The molecule has 7 heteroatoms. The minimum Gasteiger partial charge on any atom is -0.432 e. The number of fused-ring (bicyclic) bond motifs is 1. The van der Waals surface area contributed by atoms with Gasteiger partial charge in [0.2, 0.25) is 0 Å². The van der Waals surface area contributed by atoms with Crippen molar-refractivity contribution in [3.8, 4) is 0 Å². The summed E-state index contributed by atoms with van der Waals surface area (Å²) in [5.41, 5.74) is -0.606. The van der Waals surface area contributed by atoms with Crippen molar-refractivity contribution in [1.29, 1.82) is 0 Å². The Morgan fingerprint density at radius 1 is 1.60 bits per heavy atom. The molecule has 1 fully saturated rings. The monoisotopic (exact) mass is 249 g/mol. The Balaban J connectivity index is 2.42. The van der Waals surface area contributed by atoms with Crippen molar-refractivity contribution < 1.29 is 17.9 Å². The van der Waals surface area contributed by atoms with Crippen LogP contribution in [0.2, 0.25) is 0 Å². The van der Waals surface area contributed by atoms with E-state index in [0.717, 1.165) is 9.21 Å². The summed E-state index contributed by atoms with van der Waals surface area (Å²) in [7, 11) is -3.57. The third-order valence-corrected chi connectivity index (χ3v) is 5.72. The Labute approximate surface area is 92.5 Å². The van der Waals surface area contributed by atoms with Crippen molar-refractivity contribution in [1.82, 2.24) is 4.31 Å². The highest BCUT2D eigenvalue weighted by molar-refractivity contribution is 8.05. The van der Waals surface area contributed by atoms with E-state index in [0.29, 0.717) is 0 Å². The second-order valence-corrected chi connectivity index (χ2v) is 6.68. The van der Waals surface area contributed by atoms with Gasteiger partial charge >= 0.3 is 6.09 Å². The molecule has 1 amide bonds. The van der Waals surface area contributed by atoms with Crippen LogP contribution in [0.4, 0.5) is 4.79 Å². The number of rotatable bonds is 1. The first-order valence-corrected chi connectivity index (χ1v) is 6.92. The van der Waals surface area contributed by atoms with Crippen molar-refractivity contribution in [3.63, 3.8) is 0 Å². The highest BCUT2D eigenvalue weighted by Gasteiger charge is 2.49. The highest BCUT2D eigenvalue weighted by atomic mass is 32.2. The molecule has 2 aliphatic heterocycles. The average molecular weight is 249 g/mol. The molecule has 0 spiro atoms. The molecule has 1 saturated heterocycles. The topological polar surface area (TPSA) is 63.7 Å². The Morgan fingerprint density at radius 3 is 2.87 bits per heavy atom. The number of carbonyl (C=O) groups excluding carboxylic acids is 1. The fourth-order valence-electron chi connectivity index (χ4n) is 1.63. The van der Waals surface area contributed by atoms with Crippen molar-refractivity contribution in [2.24, 2.45) is 0 Å². The molecule has 0 radical (unpaired) electrons. The molecule has 0 N–H and O–H groups in total. The summed E-state index contributed by atoms with van der Waals surface area (Å²) in [5, 5.41) is -0.722. The largest absolute Gasteiger partial charge is 0.432 e. The quantitative estimate of drug-likeness (QED) is 0.697. The van der Waals surface area contributed by atoms with Crippen LogP contribution in [0.3, 0.4) is 0 Å². The number of hydrogen-bond acceptors (Lipinski definition) is 5. The number of amides is 1. The second kappa shape index (κ2) is 3.41. The smallest absolute Gasteiger partial charge is 0.424 e. The maximum atomic E-state index is 11.9. The lowest BCUT2D eigenvalue weighted by atomic mass is 10.4. The second-order valence-electron chi connectivity index (χ2n) is 3.32. The van der Waals surface area contributed by atoms with Crippen molar-refractivity contribution in [3.05, 3.63) is 11.0 Å². The van der Waals surface area contributed by atoms with E-state index in [-0.39, 0.29) is 6.54 Å². The van der Waals surface area contributed by atoms with Crippen molar-refractivity contribution in [2.45, 2.75) is 24.5 Å². The summed E-state index contributed by atoms with van der Waals surface area (Å²) < 4.78 is 29.7. The molecular weight excluding hydrogens is 238 g/mol. The maximum Gasteiger partial charge on any atom is 0.424 e. The van der Waals surface area contributed by atoms with E-state index in [1.807, 2.05) is 6.92 Å². The normalized spacial score (nSPS) is 33.3. The maximum absolute atomic E-state index is 11.9. The predicted molar refractivity (Wildman–Crippen MR) is 56.7 cm³/mol. The summed E-state index contributed by atoms with van der Waals surface area (Å²) in [5.74, 6) is 0. The van der Waals surface area contributed by atoms with Gasteiger partial charge < -0.3 is 4.74 Å². The van der Waals surface area contributed by atoms with Gasteiger partial charge in [-0.1, -0.05) is 17.8 Å². The average Bonchev–Trinajstić information content (AvgIpc) is 2.46. The van der Waals surface area contributed by atoms with Crippen LogP contribution in [-0.2, 0) is 14.8 Å². The molecular formula is C8H11NO4S2. The zero-order chi connectivity index (χ0) is 11.2. The summed E-state index contributed by atoms with van der Waals surface area (Å²) >= 11 is 1.28. The number of nitrogens with zero attached hydrogens (tertiary/aromatic N) is 1. The fraction of sp³-hybridized carbons (Fsp3) is 0.625. The molecule has 0 aromatic heterocycles. The third kappa shape index (κ3) is 1.53. The van der Waals surface area contributed by atoms with Gasteiger partial charge in [-0.25, -0.2) is 17.5 Å². The van der Waals surface area contributed by atoms with Gasteiger partial charge in [-0.3, -0.25) is 0 Å². The number of sulfonamides is 1. The first-order chi connectivity index (χ1) is 6.96. The summed E-state index contributed by atoms with van der Waals surface area (Å²) in [6, 6.07) is 0. The third-order valence-electron chi connectivity index (χ3n) is 2.33. The molecule has 0 bridgehead atoms. The minimum absolute atomic E-state index is 0.113. The van der Waals surface area contributed by atoms with Gasteiger partial charge in [0, 0.05) is 6.54 Å². The van der Waals surface area contributed by atoms with E-state index in [1.54, 1.807) is 13.0 Å². The van der Waals surface area contributed by atoms with Crippen molar-refractivity contribution in [2.75, 3.05) is 6.54 Å². The van der Waals surface area contributed by atoms with Crippen LogP contribution in [0.15, 0.2) is 11.0 Å². The lowest BCUT2D eigenvalue weighted by Gasteiger charge is -2.32. The molecule has 2 aliphatic rings.